The number of aromatic nitrogens is 2. The van der Waals surface area contributed by atoms with Gasteiger partial charge in [0.25, 0.3) is 0 Å². The molecule has 3 aromatic rings. The van der Waals surface area contributed by atoms with Crippen molar-refractivity contribution >= 4 is 34.7 Å². The Kier molecular flexibility index (Phi) is 5.42. The van der Waals surface area contributed by atoms with Crippen molar-refractivity contribution in [2.75, 3.05) is 0 Å². The number of halogens is 2. The summed E-state index contributed by atoms with van der Waals surface area (Å²) in [7, 11) is 0. The number of H-pyrrole nitrogens is 1. The third-order valence-corrected chi connectivity index (χ3v) is 3.68. The number of rotatable bonds is 3. The van der Waals surface area contributed by atoms with Crippen LogP contribution >= 0.6 is 11.6 Å². The zero-order chi connectivity index (χ0) is 13.9. The maximum absolute atomic E-state index is 6.26. The Hall–Kier alpha value is -1.33. The van der Waals surface area contributed by atoms with Crippen molar-refractivity contribution in [3.63, 3.8) is 0 Å². The molecule has 0 aliphatic heterocycles. The molecule has 0 saturated heterocycles. The molecule has 21 heavy (non-hydrogen) atoms. The van der Waals surface area contributed by atoms with Crippen molar-refractivity contribution in [1.29, 1.82) is 0 Å². The SMILES string of the molecule is CC[n+]1ccc(C=Cc2cc(Cl)c3[nH]ccc3c2)cc1.[I-]. The van der Waals surface area contributed by atoms with Crippen LogP contribution in [-0.4, -0.2) is 4.98 Å². The molecule has 1 aromatic carbocycles. The molecule has 0 aliphatic rings. The van der Waals surface area contributed by atoms with E-state index in [1.54, 1.807) is 0 Å². The first-order valence-corrected chi connectivity index (χ1v) is 7.08. The van der Waals surface area contributed by atoms with Gasteiger partial charge in [-0.25, -0.2) is 4.57 Å². The number of benzene rings is 1. The van der Waals surface area contributed by atoms with Crippen LogP contribution in [0.15, 0.2) is 48.9 Å². The van der Waals surface area contributed by atoms with Gasteiger partial charge < -0.3 is 29.0 Å². The zero-order valence-corrected chi connectivity index (χ0v) is 14.6. The molecule has 2 nitrogen and oxygen atoms in total. The van der Waals surface area contributed by atoms with E-state index < -0.39 is 0 Å². The Morgan fingerprint density at radius 2 is 1.81 bits per heavy atom. The highest BCUT2D eigenvalue weighted by atomic mass is 127. The van der Waals surface area contributed by atoms with Gasteiger partial charge in [0, 0.05) is 23.7 Å². The molecule has 0 fully saturated rings. The normalized spacial score (nSPS) is 11.0. The van der Waals surface area contributed by atoms with E-state index in [1.807, 2.05) is 18.3 Å². The highest BCUT2D eigenvalue weighted by Crippen LogP contribution is 2.25. The Bertz CT molecular complexity index is 760. The first-order valence-electron chi connectivity index (χ1n) is 6.70. The quantitative estimate of drug-likeness (QED) is 0.496. The lowest BCUT2D eigenvalue weighted by Gasteiger charge is -1.98. The Labute approximate surface area is 146 Å². The molecule has 2 heterocycles. The number of fused-ring (bicyclic) bond motifs is 1. The molecule has 108 valence electrons. The van der Waals surface area contributed by atoms with Crippen LogP contribution in [0.5, 0.6) is 0 Å². The summed E-state index contributed by atoms with van der Waals surface area (Å²) in [6, 6.07) is 10.4. The van der Waals surface area contributed by atoms with Crippen LogP contribution in [0.4, 0.5) is 0 Å². The molecule has 0 amide bonds. The molecule has 0 atom stereocenters. The van der Waals surface area contributed by atoms with Crippen molar-refractivity contribution in [2.24, 2.45) is 0 Å². The minimum Gasteiger partial charge on any atom is -1.00 e. The van der Waals surface area contributed by atoms with E-state index in [0.717, 1.165) is 28.0 Å². The average molecular weight is 411 g/mol. The number of hydrogen-bond donors (Lipinski definition) is 1. The second kappa shape index (κ2) is 7.09. The molecular weight excluding hydrogens is 395 g/mol. The molecule has 0 saturated carbocycles. The van der Waals surface area contributed by atoms with Crippen LogP contribution in [0.1, 0.15) is 18.1 Å². The van der Waals surface area contributed by atoms with Crippen molar-refractivity contribution in [1.82, 2.24) is 4.98 Å². The van der Waals surface area contributed by atoms with E-state index in [4.69, 9.17) is 11.6 Å². The fraction of sp³-hybridized carbons (Fsp3) is 0.118. The monoisotopic (exact) mass is 410 g/mol. The Morgan fingerprint density at radius 1 is 1.10 bits per heavy atom. The summed E-state index contributed by atoms with van der Waals surface area (Å²) in [6.07, 6.45) is 10.3. The van der Waals surface area contributed by atoms with E-state index in [1.165, 1.54) is 5.56 Å². The van der Waals surface area contributed by atoms with E-state index in [-0.39, 0.29) is 24.0 Å². The second-order valence-corrected chi connectivity index (χ2v) is 5.15. The Balaban J connectivity index is 0.00000161. The molecule has 4 heteroatoms. The highest BCUT2D eigenvalue weighted by Gasteiger charge is 2.01. The molecule has 0 aliphatic carbocycles. The van der Waals surface area contributed by atoms with E-state index in [0.29, 0.717) is 0 Å². The smallest absolute Gasteiger partial charge is 0.169 e. The van der Waals surface area contributed by atoms with Gasteiger partial charge in [0.05, 0.1) is 10.5 Å². The van der Waals surface area contributed by atoms with Gasteiger partial charge in [-0.3, -0.25) is 0 Å². The van der Waals surface area contributed by atoms with Crippen LogP contribution in [0, 0.1) is 0 Å². The van der Waals surface area contributed by atoms with Crippen LogP contribution in [-0.2, 0) is 6.54 Å². The summed E-state index contributed by atoms with van der Waals surface area (Å²) in [5.74, 6) is 0. The Morgan fingerprint density at radius 3 is 2.52 bits per heavy atom. The van der Waals surface area contributed by atoms with Crippen LogP contribution in [0.2, 0.25) is 5.02 Å². The first kappa shape index (κ1) is 16.0. The van der Waals surface area contributed by atoms with Gasteiger partial charge in [0.15, 0.2) is 12.4 Å². The molecule has 2 aromatic heterocycles. The molecule has 0 spiro atoms. The fourth-order valence-electron chi connectivity index (χ4n) is 2.23. The minimum absolute atomic E-state index is 0. The molecule has 0 bridgehead atoms. The second-order valence-electron chi connectivity index (χ2n) is 4.74. The summed E-state index contributed by atoms with van der Waals surface area (Å²) < 4.78 is 2.14. The topological polar surface area (TPSA) is 19.7 Å². The van der Waals surface area contributed by atoms with Gasteiger partial charge in [-0.05, 0) is 36.2 Å². The molecule has 0 unspecified atom stereocenters. The summed E-state index contributed by atoms with van der Waals surface area (Å²) >= 11 is 6.26. The van der Waals surface area contributed by atoms with Crippen molar-refractivity contribution in [2.45, 2.75) is 13.5 Å². The molecule has 0 radical (unpaired) electrons. The maximum atomic E-state index is 6.26. The van der Waals surface area contributed by atoms with Crippen LogP contribution in [0.25, 0.3) is 23.1 Å². The van der Waals surface area contributed by atoms with Crippen LogP contribution in [0.3, 0.4) is 0 Å². The standard InChI is InChI=1S/C17H15ClN2.HI/c1-2-20-9-6-13(7-10-20)3-4-14-11-15-5-8-19-17(15)16(18)12-14;/h3-12H,2H2,1H3;1H. The lowest BCUT2D eigenvalue weighted by molar-refractivity contribution is -0.693. The van der Waals surface area contributed by atoms with Gasteiger partial charge in [0.2, 0.25) is 0 Å². The van der Waals surface area contributed by atoms with Gasteiger partial charge in [0.1, 0.15) is 6.54 Å². The van der Waals surface area contributed by atoms with Gasteiger partial charge >= 0.3 is 0 Å². The number of nitrogens with zero attached hydrogens (tertiary/aromatic N) is 1. The number of aryl methyl sites for hydroxylation is 1. The number of pyridine rings is 1. The zero-order valence-electron chi connectivity index (χ0n) is 11.7. The third-order valence-electron chi connectivity index (χ3n) is 3.38. The predicted molar refractivity (Wildman–Crippen MR) is 84.5 cm³/mol. The number of nitrogens with one attached hydrogen (secondary N) is 1. The molecule has 1 N–H and O–H groups in total. The summed E-state index contributed by atoms with van der Waals surface area (Å²) in [5.41, 5.74) is 3.28. The van der Waals surface area contributed by atoms with Gasteiger partial charge in [-0.2, -0.15) is 0 Å². The highest BCUT2D eigenvalue weighted by molar-refractivity contribution is 6.35. The third kappa shape index (κ3) is 3.66. The van der Waals surface area contributed by atoms with Crippen molar-refractivity contribution in [3.05, 3.63) is 65.1 Å². The van der Waals surface area contributed by atoms with E-state index >= 15 is 0 Å². The van der Waals surface area contributed by atoms with E-state index in [9.17, 15) is 0 Å². The summed E-state index contributed by atoms with van der Waals surface area (Å²) in [4.78, 5) is 3.14. The fourth-order valence-corrected chi connectivity index (χ4v) is 2.52. The summed E-state index contributed by atoms with van der Waals surface area (Å²) in [5, 5.41) is 1.89. The van der Waals surface area contributed by atoms with Crippen molar-refractivity contribution in [3.8, 4) is 0 Å². The van der Waals surface area contributed by atoms with Crippen LogP contribution < -0.4 is 28.5 Å². The maximum Gasteiger partial charge on any atom is 0.169 e. The lowest BCUT2D eigenvalue weighted by Crippen LogP contribution is -3.00. The largest absolute Gasteiger partial charge is 1.00 e. The predicted octanol–water partition coefficient (Wildman–Crippen LogP) is 1.30. The number of hydrogen-bond acceptors (Lipinski definition) is 0. The van der Waals surface area contributed by atoms with Gasteiger partial charge in [-0.1, -0.05) is 23.8 Å². The average Bonchev–Trinajstić information content (AvgIpc) is 2.94. The first-order chi connectivity index (χ1) is 9.76. The summed E-state index contributed by atoms with van der Waals surface area (Å²) in [6.45, 7) is 3.12. The van der Waals surface area contributed by atoms with Gasteiger partial charge in [-0.15, -0.1) is 0 Å². The lowest BCUT2D eigenvalue weighted by atomic mass is 10.1. The molecule has 3 rings (SSSR count). The van der Waals surface area contributed by atoms with E-state index in [2.05, 4.69) is 59.2 Å². The number of aromatic amines is 1. The van der Waals surface area contributed by atoms with Crippen molar-refractivity contribution < 1.29 is 28.5 Å². The minimum atomic E-state index is 0. The molecular formula is C17H16ClIN2.